The van der Waals surface area contributed by atoms with Gasteiger partial charge in [0.2, 0.25) is 0 Å². The first kappa shape index (κ1) is 32.9. The van der Waals surface area contributed by atoms with E-state index in [0.29, 0.717) is 44.7 Å². The van der Waals surface area contributed by atoms with Crippen molar-refractivity contribution in [3.05, 3.63) is 59.7 Å². The molecule has 0 saturated heterocycles. The van der Waals surface area contributed by atoms with Gasteiger partial charge in [0.1, 0.15) is 18.2 Å². The number of alkyl carbamates (subject to hydrolysis) is 2. The van der Waals surface area contributed by atoms with Crippen LogP contribution in [0, 0.1) is 5.92 Å². The smallest absolute Gasteiger partial charge is 0.407 e. The molecule has 2 atom stereocenters. The molecular formula is C33H47N3O6. The molecule has 0 fully saturated rings. The van der Waals surface area contributed by atoms with E-state index in [1.807, 2.05) is 45.0 Å². The number of amides is 2. The molecule has 3 N–H and O–H groups in total. The van der Waals surface area contributed by atoms with Crippen LogP contribution in [0.15, 0.2) is 48.5 Å². The van der Waals surface area contributed by atoms with Crippen LogP contribution in [0.5, 0.6) is 0 Å². The van der Waals surface area contributed by atoms with Crippen molar-refractivity contribution in [3.8, 4) is 11.1 Å². The number of carbonyl (C=O) groups is 3. The maximum absolute atomic E-state index is 12.9. The van der Waals surface area contributed by atoms with Gasteiger partial charge in [0.15, 0.2) is 0 Å². The number of carbonyl (C=O) groups excluding carboxylic acids is 3. The Kier molecular flexibility index (Phi) is 12.2. The minimum atomic E-state index is -0.551. The molecule has 230 valence electrons. The number of fused-ring (bicyclic) bond motifs is 3. The molecule has 0 spiro atoms. The Morgan fingerprint density at radius 1 is 0.905 bits per heavy atom. The number of unbranched alkanes of at least 4 members (excludes halogenated alkanes) is 1. The fourth-order valence-corrected chi connectivity index (χ4v) is 5.28. The number of hydrogen-bond donors (Lipinski definition) is 3. The highest BCUT2D eigenvalue weighted by Gasteiger charge is 2.29. The van der Waals surface area contributed by atoms with Gasteiger partial charge in [-0.3, -0.25) is 4.79 Å². The first-order valence-electron chi connectivity index (χ1n) is 14.9. The topological polar surface area (TPSA) is 115 Å². The second-order valence-electron chi connectivity index (χ2n) is 12.2. The van der Waals surface area contributed by atoms with Crippen molar-refractivity contribution in [2.75, 3.05) is 26.8 Å². The molecule has 3 rings (SSSR count). The molecule has 2 amide bonds. The summed E-state index contributed by atoms with van der Waals surface area (Å²) in [5.41, 5.74) is 4.13. The van der Waals surface area contributed by atoms with E-state index in [-0.39, 0.29) is 24.5 Å². The van der Waals surface area contributed by atoms with E-state index < -0.39 is 23.8 Å². The fourth-order valence-electron chi connectivity index (χ4n) is 5.28. The molecule has 9 heteroatoms. The molecule has 9 nitrogen and oxygen atoms in total. The molecule has 0 bridgehead atoms. The number of nitrogens with one attached hydrogen (secondary N) is 3. The average molecular weight is 582 g/mol. The van der Waals surface area contributed by atoms with Gasteiger partial charge in [0, 0.05) is 25.0 Å². The standard InChI is InChI=1S/C33H47N3O6/c1-22(2)19-23(20-35-29(30(37)40-6)17-11-12-18-34-31(38)42-33(3,4)5)36-32(39)41-21-28-26-15-9-7-13-24(26)25-14-8-10-16-27(25)28/h7-10,13-16,22-23,28-29,35H,11-12,17-21H2,1-6H3,(H,34,38)(H,36,39)/t23-,29-/m0/s1. The highest BCUT2D eigenvalue weighted by molar-refractivity contribution is 5.79. The van der Waals surface area contributed by atoms with Crippen molar-refractivity contribution in [2.24, 2.45) is 5.92 Å². The third kappa shape index (κ3) is 10.0. The van der Waals surface area contributed by atoms with E-state index >= 15 is 0 Å². The minimum Gasteiger partial charge on any atom is -0.468 e. The monoisotopic (exact) mass is 581 g/mol. The van der Waals surface area contributed by atoms with Gasteiger partial charge in [-0.05, 0) is 74.6 Å². The van der Waals surface area contributed by atoms with Gasteiger partial charge in [-0.1, -0.05) is 62.4 Å². The highest BCUT2D eigenvalue weighted by Crippen LogP contribution is 2.44. The summed E-state index contributed by atoms with van der Waals surface area (Å²) < 4.78 is 16.0. The van der Waals surface area contributed by atoms with Gasteiger partial charge < -0.3 is 30.2 Å². The number of esters is 1. The predicted octanol–water partition coefficient (Wildman–Crippen LogP) is 5.77. The molecule has 0 radical (unpaired) electrons. The zero-order valence-corrected chi connectivity index (χ0v) is 25.8. The van der Waals surface area contributed by atoms with Crippen LogP contribution in [0.2, 0.25) is 0 Å². The molecule has 2 aromatic carbocycles. The maximum atomic E-state index is 12.9. The van der Waals surface area contributed by atoms with Crippen molar-refractivity contribution >= 4 is 18.2 Å². The Balaban J connectivity index is 1.50. The largest absolute Gasteiger partial charge is 0.468 e. The lowest BCUT2D eigenvalue weighted by Gasteiger charge is -2.24. The number of rotatable bonds is 14. The normalized spacial score (nSPS) is 14.0. The zero-order chi connectivity index (χ0) is 30.7. The van der Waals surface area contributed by atoms with Gasteiger partial charge in [-0.15, -0.1) is 0 Å². The summed E-state index contributed by atoms with van der Waals surface area (Å²) in [6, 6.07) is 15.7. The Bertz CT molecular complexity index is 1150. The third-order valence-corrected chi connectivity index (χ3v) is 7.11. The number of methoxy groups -OCH3 is 1. The van der Waals surface area contributed by atoms with Crippen LogP contribution in [0.1, 0.15) is 77.3 Å². The predicted molar refractivity (Wildman–Crippen MR) is 163 cm³/mol. The summed E-state index contributed by atoms with van der Waals surface area (Å²) in [7, 11) is 1.36. The molecule has 0 aromatic heterocycles. The maximum Gasteiger partial charge on any atom is 0.407 e. The highest BCUT2D eigenvalue weighted by atomic mass is 16.6. The number of ether oxygens (including phenoxy) is 3. The first-order valence-corrected chi connectivity index (χ1v) is 14.9. The summed E-state index contributed by atoms with van der Waals surface area (Å²) in [6.07, 6.45) is 1.68. The van der Waals surface area contributed by atoms with Crippen molar-refractivity contribution < 1.29 is 28.6 Å². The number of hydrogen-bond acceptors (Lipinski definition) is 7. The number of benzene rings is 2. The lowest BCUT2D eigenvalue weighted by Crippen LogP contribution is -2.48. The summed E-state index contributed by atoms with van der Waals surface area (Å²) in [6.45, 7) is 10.7. The van der Waals surface area contributed by atoms with Crippen LogP contribution in [0.3, 0.4) is 0 Å². The van der Waals surface area contributed by atoms with Crippen LogP contribution >= 0.6 is 0 Å². The van der Waals surface area contributed by atoms with Gasteiger partial charge in [0.25, 0.3) is 0 Å². The van der Waals surface area contributed by atoms with Gasteiger partial charge in [0.05, 0.1) is 7.11 Å². The molecule has 0 aliphatic heterocycles. The second kappa shape index (κ2) is 15.6. The zero-order valence-electron chi connectivity index (χ0n) is 25.8. The van der Waals surface area contributed by atoms with Crippen LogP contribution < -0.4 is 16.0 Å². The van der Waals surface area contributed by atoms with Crippen LogP contribution in [0.25, 0.3) is 11.1 Å². The molecule has 1 aliphatic carbocycles. The van der Waals surface area contributed by atoms with Crippen molar-refractivity contribution in [3.63, 3.8) is 0 Å². The summed E-state index contributed by atoms with van der Waals surface area (Å²) in [4.78, 5) is 37.2. The van der Waals surface area contributed by atoms with Crippen LogP contribution in [-0.4, -0.2) is 62.6 Å². The Labute approximate surface area is 250 Å². The quantitative estimate of drug-likeness (QED) is 0.147. The lowest BCUT2D eigenvalue weighted by molar-refractivity contribution is -0.143. The minimum absolute atomic E-state index is 0.0154. The first-order chi connectivity index (χ1) is 20.0. The van der Waals surface area contributed by atoms with E-state index in [2.05, 4.69) is 54.1 Å². The molecule has 0 heterocycles. The molecule has 1 aliphatic rings. The van der Waals surface area contributed by atoms with E-state index in [1.54, 1.807) is 0 Å². The van der Waals surface area contributed by atoms with Gasteiger partial charge in [-0.2, -0.15) is 0 Å². The van der Waals surface area contributed by atoms with E-state index in [0.717, 1.165) is 11.1 Å². The Hall–Kier alpha value is -3.59. The third-order valence-electron chi connectivity index (χ3n) is 7.11. The van der Waals surface area contributed by atoms with Crippen molar-refractivity contribution in [2.45, 2.75) is 83.9 Å². The summed E-state index contributed by atoms with van der Waals surface area (Å²) in [5.74, 6) is -0.0564. The summed E-state index contributed by atoms with van der Waals surface area (Å²) in [5, 5.41) is 9.01. The molecular weight excluding hydrogens is 534 g/mol. The van der Waals surface area contributed by atoms with Gasteiger partial charge >= 0.3 is 18.2 Å². The SMILES string of the molecule is COC(=O)[C@H](CCCCNC(=O)OC(C)(C)C)NC[C@H](CC(C)C)NC(=O)OCC1c2ccccc2-c2ccccc21. The van der Waals surface area contributed by atoms with Crippen LogP contribution in [-0.2, 0) is 19.0 Å². The Morgan fingerprint density at radius 3 is 2.10 bits per heavy atom. The lowest BCUT2D eigenvalue weighted by atomic mass is 9.98. The molecule has 42 heavy (non-hydrogen) atoms. The Morgan fingerprint density at radius 2 is 1.52 bits per heavy atom. The second-order valence-corrected chi connectivity index (χ2v) is 12.2. The molecule has 0 unspecified atom stereocenters. The van der Waals surface area contributed by atoms with Gasteiger partial charge in [-0.25, -0.2) is 9.59 Å². The molecule has 2 aromatic rings. The fraction of sp³-hybridized carbons (Fsp3) is 0.545. The van der Waals surface area contributed by atoms with Crippen molar-refractivity contribution in [1.29, 1.82) is 0 Å². The van der Waals surface area contributed by atoms with E-state index in [1.165, 1.54) is 18.2 Å². The molecule has 0 saturated carbocycles. The van der Waals surface area contributed by atoms with Crippen molar-refractivity contribution in [1.82, 2.24) is 16.0 Å². The van der Waals surface area contributed by atoms with Crippen LogP contribution in [0.4, 0.5) is 9.59 Å². The van der Waals surface area contributed by atoms with E-state index in [9.17, 15) is 14.4 Å². The average Bonchev–Trinajstić information content (AvgIpc) is 3.25. The van der Waals surface area contributed by atoms with E-state index in [4.69, 9.17) is 14.2 Å². The summed E-state index contributed by atoms with van der Waals surface area (Å²) >= 11 is 0.